The predicted octanol–water partition coefficient (Wildman–Crippen LogP) is 5.14. The highest BCUT2D eigenvalue weighted by molar-refractivity contribution is 7.81. The van der Waals surface area contributed by atoms with Gasteiger partial charge in [0.25, 0.3) is 0 Å². The molecule has 0 amide bonds. The van der Waals surface area contributed by atoms with Gasteiger partial charge in [0.15, 0.2) is 5.34 Å². The van der Waals surface area contributed by atoms with Crippen LogP contribution in [0.15, 0.2) is 0 Å². The van der Waals surface area contributed by atoms with Crippen molar-refractivity contribution in [1.82, 2.24) is 0 Å². The normalized spacial score (nSPS) is 20.3. The minimum atomic E-state index is -4.17. The van der Waals surface area contributed by atoms with Gasteiger partial charge >= 0.3 is 15.4 Å². The summed E-state index contributed by atoms with van der Waals surface area (Å²) in [4.78, 5) is 20.0. The molecule has 0 aromatic heterocycles. The summed E-state index contributed by atoms with van der Waals surface area (Å²) in [7, 11) is -7.24. The van der Waals surface area contributed by atoms with Crippen LogP contribution in [0.25, 0.3) is 0 Å². The van der Waals surface area contributed by atoms with Crippen LogP contribution < -0.4 is 0 Å². The summed E-state index contributed by atoms with van der Waals surface area (Å²) >= 11 is 4.58. The number of phosphoric acid groups is 1. The maximum atomic E-state index is 12.9. The van der Waals surface area contributed by atoms with E-state index in [9.17, 15) is 18.9 Å². The summed E-state index contributed by atoms with van der Waals surface area (Å²) < 4.78 is 44.9. The fraction of sp³-hybridized carbons (Fsp3) is 1.00. The Morgan fingerprint density at radius 3 is 1.86 bits per heavy atom. The van der Waals surface area contributed by atoms with Gasteiger partial charge in [-0.3, -0.25) is 13.6 Å². The number of hydrogen-bond donors (Lipinski definition) is 3. The first-order chi connectivity index (χ1) is 12.2. The van der Waals surface area contributed by atoms with Crippen molar-refractivity contribution < 1.29 is 37.2 Å². The Bertz CT molecular complexity index is 604. The third-order valence-electron chi connectivity index (χ3n) is 4.37. The lowest BCUT2D eigenvalue weighted by Crippen LogP contribution is -2.37. The molecule has 11 heteroatoms. The van der Waals surface area contributed by atoms with Crippen molar-refractivity contribution >= 4 is 28.0 Å². The number of ether oxygens (including phenoxy) is 1. The summed E-state index contributed by atoms with van der Waals surface area (Å²) in [5.41, 5.74) is -1.92. The van der Waals surface area contributed by atoms with E-state index >= 15 is 0 Å². The largest absolute Gasteiger partial charge is 0.472 e. The van der Waals surface area contributed by atoms with Gasteiger partial charge in [0, 0.05) is 11.9 Å². The molecule has 0 fully saturated rings. The predicted molar refractivity (Wildman–Crippen MR) is 114 cm³/mol. The van der Waals surface area contributed by atoms with Gasteiger partial charge in [-0.05, 0) is 60.8 Å². The van der Waals surface area contributed by atoms with Gasteiger partial charge in [-0.1, -0.05) is 13.8 Å². The number of thiol groups is 1. The molecule has 0 bridgehead atoms. The number of phosphoric ester groups is 1. The standard InChI is InChI=1S/C17H38O8P2S/c1-10-17(8,28)13-15(4,5)24-26(18,19)16(6,7)23-12-11-14(2,3)25-27(20,21)22-9/h28H,10-13H2,1-9H3,(H,18,19)(H,20,21). The number of rotatable bonds is 13. The molecular formula is C17H38O8P2S. The molecule has 0 aliphatic rings. The lowest BCUT2D eigenvalue weighted by Gasteiger charge is -2.39. The number of hydrogen-bond acceptors (Lipinski definition) is 7. The molecule has 0 saturated heterocycles. The highest BCUT2D eigenvalue weighted by atomic mass is 32.1. The zero-order valence-corrected chi connectivity index (χ0v) is 21.2. The molecule has 0 rings (SSSR count). The molecule has 3 unspecified atom stereocenters. The minimum absolute atomic E-state index is 0.0112. The van der Waals surface area contributed by atoms with Gasteiger partial charge in [0.05, 0.1) is 17.8 Å². The van der Waals surface area contributed by atoms with Gasteiger partial charge in [-0.15, -0.1) is 0 Å². The molecule has 28 heavy (non-hydrogen) atoms. The molecule has 0 aromatic carbocycles. The Morgan fingerprint density at radius 2 is 1.43 bits per heavy atom. The van der Waals surface area contributed by atoms with E-state index in [1.165, 1.54) is 13.8 Å². The maximum Gasteiger partial charge on any atom is 0.472 e. The monoisotopic (exact) mass is 464 g/mol. The van der Waals surface area contributed by atoms with E-state index in [4.69, 9.17) is 13.8 Å². The van der Waals surface area contributed by atoms with Crippen LogP contribution in [0.4, 0.5) is 0 Å². The van der Waals surface area contributed by atoms with Gasteiger partial charge in [-0.2, -0.15) is 12.6 Å². The zero-order valence-electron chi connectivity index (χ0n) is 18.5. The van der Waals surface area contributed by atoms with Crippen molar-refractivity contribution in [2.45, 2.75) is 95.9 Å². The molecule has 0 spiro atoms. The minimum Gasteiger partial charge on any atom is -0.363 e. The topological polar surface area (TPSA) is 112 Å². The summed E-state index contributed by atoms with van der Waals surface area (Å²) in [6.07, 6.45) is 1.45. The lowest BCUT2D eigenvalue weighted by atomic mass is 9.92. The van der Waals surface area contributed by atoms with Crippen LogP contribution in [0, 0.1) is 0 Å². The van der Waals surface area contributed by atoms with Gasteiger partial charge in [0.2, 0.25) is 0 Å². The SMILES string of the molecule is CCC(C)(S)CC(C)(C)OP(=O)(O)C(C)(C)OCCC(C)(C)OP(=O)(O)OC. The summed E-state index contributed by atoms with van der Waals surface area (Å²) in [6.45, 7) is 13.6. The van der Waals surface area contributed by atoms with E-state index in [1.807, 2.05) is 13.8 Å². The zero-order chi connectivity index (χ0) is 22.7. The first kappa shape index (κ1) is 28.6. The van der Waals surface area contributed by atoms with Crippen LogP contribution in [0.3, 0.4) is 0 Å². The molecule has 0 aliphatic heterocycles. The van der Waals surface area contributed by atoms with E-state index < -0.39 is 32.0 Å². The molecule has 0 radical (unpaired) electrons. The fourth-order valence-electron chi connectivity index (χ4n) is 2.54. The van der Waals surface area contributed by atoms with E-state index in [2.05, 4.69) is 17.2 Å². The van der Waals surface area contributed by atoms with Gasteiger partial charge in [0.1, 0.15) is 0 Å². The average Bonchev–Trinajstić information content (AvgIpc) is 2.43. The molecular weight excluding hydrogens is 426 g/mol. The Balaban J connectivity index is 4.99. The average molecular weight is 464 g/mol. The van der Waals surface area contributed by atoms with E-state index in [-0.39, 0.29) is 17.8 Å². The summed E-state index contributed by atoms with van der Waals surface area (Å²) in [5, 5.41) is -1.48. The highest BCUT2D eigenvalue weighted by Crippen LogP contribution is 2.59. The van der Waals surface area contributed by atoms with Crippen molar-refractivity contribution in [3.8, 4) is 0 Å². The van der Waals surface area contributed by atoms with Crippen LogP contribution in [-0.4, -0.2) is 44.8 Å². The van der Waals surface area contributed by atoms with Crippen molar-refractivity contribution in [2.24, 2.45) is 0 Å². The molecule has 0 heterocycles. The van der Waals surface area contributed by atoms with Gasteiger partial charge < -0.3 is 19.0 Å². The molecule has 0 aromatic rings. The summed E-state index contributed by atoms with van der Waals surface area (Å²) in [5.74, 6) is 0. The van der Waals surface area contributed by atoms with Crippen molar-refractivity contribution in [3.63, 3.8) is 0 Å². The fourth-order valence-corrected chi connectivity index (χ4v) is 4.92. The first-order valence-corrected chi connectivity index (χ1v) is 12.7. The van der Waals surface area contributed by atoms with Crippen molar-refractivity contribution in [2.75, 3.05) is 13.7 Å². The Hall–Kier alpha value is 0.570. The molecule has 3 atom stereocenters. The summed E-state index contributed by atoms with van der Waals surface area (Å²) in [6, 6.07) is 0. The van der Waals surface area contributed by atoms with E-state index in [1.54, 1.807) is 27.7 Å². The third-order valence-corrected chi connectivity index (χ3v) is 8.26. The smallest absolute Gasteiger partial charge is 0.363 e. The highest BCUT2D eigenvalue weighted by Gasteiger charge is 2.47. The second-order valence-corrected chi connectivity index (χ2v) is 13.8. The Labute approximate surface area is 175 Å². The van der Waals surface area contributed by atoms with E-state index in [0.717, 1.165) is 13.5 Å². The van der Waals surface area contributed by atoms with E-state index in [0.29, 0.717) is 6.42 Å². The molecule has 170 valence electrons. The molecule has 2 N–H and O–H groups in total. The maximum absolute atomic E-state index is 12.9. The first-order valence-electron chi connectivity index (χ1n) is 9.19. The third kappa shape index (κ3) is 10.1. The van der Waals surface area contributed by atoms with Crippen molar-refractivity contribution in [3.05, 3.63) is 0 Å². The molecule has 0 aliphatic carbocycles. The van der Waals surface area contributed by atoms with Crippen LogP contribution in [0.5, 0.6) is 0 Å². The lowest BCUT2D eigenvalue weighted by molar-refractivity contribution is -0.0310. The second-order valence-electron chi connectivity index (χ2n) is 8.95. The van der Waals surface area contributed by atoms with Crippen LogP contribution in [-0.2, 0) is 27.4 Å². The molecule has 0 saturated carbocycles. The van der Waals surface area contributed by atoms with Crippen molar-refractivity contribution in [1.29, 1.82) is 0 Å². The van der Waals surface area contributed by atoms with Crippen LogP contribution >= 0.6 is 28.0 Å². The Kier molecular flexibility index (Phi) is 10.00. The molecule has 8 nitrogen and oxygen atoms in total. The van der Waals surface area contributed by atoms with Crippen LogP contribution in [0.1, 0.15) is 74.7 Å². The quantitative estimate of drug-likeness (QED) is 0.254. The second kappa shape index (κ2) is 9.80. The Morgan fingerprint density at radius 1 is 0.929 bits per heavy atom. The van der Waals surface area contributed by atoms with Crippen LogP contribution in [0.2, 0.25) is 0 Å². The van der Waals surface area contributed by atoms with Gasteiger partial charge in [-0.25, -0.2) is 4.57 Å².